The van der Waals surface area contributed by atoms with E-state index in [-0.39, 0.29) is 22.2 Å². The fourth-order valence-electron chi connectivity index (χ4n) is 2.20. The largest absolute Gasteiger partial charge is 0.340 e. The summed E-state index contributed by atoms with van der Waals surface area (Å²) in [5, 5.41) is 5.14. The minimum atomic E-state index is -0.981. The first kappa shape index (κ1) is 18.9. The van der Waals surface area contributed by atoms with E-state index in [1.807, 2.05) is 0 Å². The molecular formula is C18H17ClF2N2O2. The Morgan fingerprint density at radius 2 is 1.72 bits per heavy atom. The van der Waals surface area contributed by atoms with Crippen molar-refractivity contribution in [2.45, 2.75) is 19.9 Å². The summed E-state index contributed by atoms with van der Waals surface area (Å²) in [4.78, 5) is 24.7. The Morgan fingerprint density at radius 1 is 1.04 bits per heavy atom. The summed E-state index contributed by atoms with van der Waals surface area (Å²) in [6.45, 7) is 3.42. The molecule has 0 spiro atoms. The van der Waals surface area contributed by atoms with Gasteiger partial charge < -0.3 is 10.6 Å². The highest BCUT2D eigenvalue weighted by atomic mass is 35.5. The summed E-state index contributed by atoms with van der Waals surface area (Å²) in [7, 11) is 0. The van der Waals surface area contributed by atoms with E-state index in [0.717, 1.165) is 12.1 Å². The van der Waals surface area contributed by atoms with Crippen LogP contribution in [0.4, 0.5) is 14.5 Å². The van der Waals surface area contributed by atoms with Crippen LogP contribution < -0.4 is 10.6 Å². The second-order valence-electron chi connectivity index (χ2n) is 5.79. The average molecular weight is 367 g/mol. The minimum absolute atomic E-state index is 0.0942. The van der Waals surface area contributed by atoms with Gasteiger partial charge in [-0.1, -0.05) is 37.6 Å². The predicted octanol–water partition coefficient (Wildman–Crippen LogP) is 4.01. The lowest BCUT2D eigenvalue weighted by molar-refractivity contribution is -0.118. The molecule has 132 valence electrons. The van der Waals surface area contributed by atoms with Crippen LogP contribution in [0.5, 0.6) is 0 Å². The van der Waals surface area contributed by atoms with E-state index in [0.29, 0.717) is 0 Å². The van der Waals surface area contributed by atoms with Crippen LogP contribution in [-0.2, 0) is 4.79 Å². The minimum Gasteiger partial charge on any atom is -0.340 e. The number of carbonyl (C=O) groups excluding carboxylic acids is 2. The van der Waals surface area contributed by atoms with E-state index in [1.54, 1.807) is 13.8 Å². The van der Waals surface area contributed by atoms with Gasteiger partial charge in [0.05, 0.1) is 11.3 Å². The molecule has 0 bridgehead atoms. The van der Waals surface area contributed by atoms with Crippen LogP contribution in [0.1, 0.15) is 24.2 Å². The number of halogens is 3. The van der Waals surface area contributed by atoms with Gasteiger partial charge in [0, 0.05) is 5.02 Å². The molecule has 2 aromatic rings. The summed E-state index contributed by atoms with van der Waals surface area (Å²) >= 11 is 5.79. The molecule has 0 aliphatic heterocycles. The highest BCUT2D eigenvalue weighted by molar-refractivity contribution is 6.30. The maximum Gasteiger partial charge on any atom is 0.254 e. The fourth-order valence-corrected chi connectivity index (χ4v) is 2.38. The standard InChI is InChI=1S/C18H17ClF2N2O2/c1-10(2)16(23-17(24)12-5-3-4-6-13(12)20)18(25)22-15-9-11(19)7-8-14(15)21/h3-10,16H,1-2H3,(H,22,25)(H,23,24)/t16-/m0/s1. The zero-order chi connectivity index (χ0) is 18.6. The summed E-state index contributed by atoms with van der Waals surface area (Å²) in [5.41, 5.74) is -0.266. The van der Waals surface area contributed by atoms with E-state index in [9.17, 15) is 18.4 Å². The molecule has 0 aromatic heterocycles. The molecule has 2 rings (SSSR count). The third kappa shape index (κ3) is 4.76. The molecule has 0 unspecified atom stereocenters. The molecule has 0 saturated heterocycles. The smallest absolute Gasteiger partial charge is 0.254 e. The predicted molar refractivity (Wildman–Crippen MR) is 92.5 cm³/mol. The van der Waals surface area contributed by atoms with Crippen molar-refractivity contribution in [3.63, 3.8) is 0 Å². The van der Waals surface area contributed by atoms with Crippen LogP contribution in [0.15, 0.2) is 42.5 Å². The first-order valence-corrected chi connectivity index (χ1v) is 7.98. The van der Waals surface area contributed by atoms with Crippen LogP contribution in [0.25, 0.3) is 0 Å². The lowest BCUT2D eigenvalue weighted by Gasteiger charge is -2.22. The van der Waals surface area contributed by atoms with E-state index in [4.69, 9.17) is 11.6 Å². The van der Waals surface area contributed by atoms with Crippen molar-refractivity contribution in [1.82, 2.24) is 5.32 Å². The maximum absolute atomic E-state index is 13.8. The molecule has 0 radical (unpaired) electrons. The Morgan fingerprint density at radius 3 is 2.36 bits per heavy atom. The van der Waals surface area contributed by atoms with Gasteiger partial charge in [-0.15, -0.1) is 0 Å². The first-order valence-electron chi connectivity index (χ1n) is 7.61. The van der Waals surface area contributed by atoms with Gasteiger partial charge in [0.2, 0.25) is 5.91 Å². The summed E-state index contributed by atoms with van der Waals surface area (Å²) in [6, 6.07) is 8.21. The number of hydrogen-bond donors (Lipinski definition) is 2. The monoisotopic (exact) mass is 366 g/mol. The van der Waals surface area contributed by atoms with Crippen molar-refractivity contribution in [3.05, 3.63) is 64.7 Å². The van der Waals surface area contributed by atoms with E-state index in [2.05, 4.69) is 10.6 Å². The molecule has 2 amide bonds. The zero-order valence-electron chi connectivity index (χ0n) is 13.6. The maximum atomic E-state index is 13.8. The Bertz CT molecular complexity index is 796. The Kier molecular flexibility index (Phi) is 6.09. The highest BCUT2D eigenvalue weighted by Gasteiger charge is 2.26. The van der Waals surface area contributed by atoms with Crippen molar-refractivity contribution in [2.75, 3.05) is 5.32 Å². The van der Waals surface area contributed by atoms with E-state index < -0.39 is 29.5 Å². The average Bonchev–Trinajstić information content (AvgIpc) is 2.55. The van der Waals surface area contributed by atoms with Crippen molar-refractivity contribution in [1.29, 1.82) is 0 Å². The second kappa shape index (κ2) is 8.07. The van der Waals surface area contributed by atoms with Gasteiger partial charge in [-0.2, -0.15) is 0 Å². The fraction of sp³-hybridized carbons (Fsp3) is 0.222. The molecule has 0 aliphatic rings. The van der Waals surface area contributed by atoms with Crippen LogP contribution in [0.3, 0.4) is 0 Å². The Balaban J connectivity index is 2.17. The molecule has 0 saturated carbocycles. The van der Waals surface area contributed by atoms with Crippen molar-refractivity contribution in [2.24, 2.45) is 5.92 Å². The van der Waals surface area contributed by atoms with Gasteiger partial charge in [-0.3, -0.25) is 9.59 Å². The highest BCUT2D eigenvalue weighted by Crippen LogP contribution is 2.20. The number of rotatable bonds is 5. The van der Waals surface area contributed by atoms with Crippen molar-refractivity contribution in [3.8, 4) is 0 Å². The van der Waals surface area contributed by atoms with E-state index >= 15 is 0 Å². The molecule has 25 heavy (non-hydrogen) atoms. The van der Waals surface area contributed by atoms with Crippen LogP contribution >= 0.6 is 11.6 Å². The zero-order valence-corrected chi connectivity index (χ0v) is 14.4. The number of hydrogen-bond acceptors (Lipinski definition) is 2. The number of anilines is 1. The molecule has 0 aliphatic carbocycles. The molecule has 0 heterocycles. The molecule has 1 atom stereocenters. The van der Waals surface area contributed by atoms with Crippen molar-refractivity contribution < 1.29 is 18.4 Å². The van der Waals surface area contributed by atoms with Crippen LogP contribution in [-0.4, -0.2) is 17.9 Å². The molecule has 2 N–H and O–H groups in total. The summed E-state index contributed by atoms with van der Waals surface area (Å²) in [5.74, 6) is -3.00. The van der Waals surface area contributed by atoms with Gasteiger partial charge in [0.15, 0.2) is 0 Å². The normalized spacial score (nSPS) is 11.9. The van der Waals surface area contributed by atoms with Gasteiger partial charge in [0.1, 0.15) is 17.7 Å². The van der Waals surface area contributed by atoms with Gasteiger partial charge in [-0.25, -0.2) is 8.78 Å². The van der Waals surface area contributed by atoms with Gasteiger partial charge >= 0.3 is 0 Å². The number of benzene rings is 2. The summed E-state index contributed by atoms with van der Waals surface area (Å²) in [6.07, 6.45) is 0. The molecule has 4 nitrogen and oxygen atoms in total. The van der Waals surface area contributed by atoms with Gasteiger partial charge in [0.25, 0.3) is 5.91 Å². The van der Waals surface area contributed by atoms with E-state index in [1.165, 1.54) is 30.3 Å². The quantitative estimate of drug-likeness (QED) is 0.840. The number of carbonyl (C=O) groups is 2. The third-order valence-corrected chi connectivity index (χ3v) is 3.78. The lowest BCUT2D eigenvalue weighted by Crippen LogP contribution is -2.47. The number of amides is 2. The Labute approximate surface area is 149 Å². The van der Waals surface area contributed by atoms with Gasteiger partial charge in [-0.05, 0) is 36.2 Å². The second-order valence-corrected chi connectivity index (χ2v) is 6.22. The van der Waals surface area contributed by atoms with Crippen molar-refractivity contribution >= 4 is 29.1 Å². The Hall–Kier alpha value is -2.47. The SMILES string of the molecule is CC(C)[C@H](NC(=O)c1ccccc1F)C(=O)Nc1cc(Cl)ccc1F. The topological polar surface area (TPSA) is 58.2 Å². The third-order valence-electron chi connectivity index (χ3n) is 3.54. The van der Waals surface area contributed by atoms with Crippen LogP contribution in [0.2, 0.25) is 5.02 Å². The van der Waals surface area contributed by atoms with Crippen LogP contribution in [0, 0.1) is 17.6 Å². The molecular weight excluding hydrogens is 350 g/mol. The summed E-state index contributed by atoms with van der Waals surface area (Å²) < 4.78 is 27.5. The molecule has 2 aromatic carbocycles. The lowest BCUT2D eigenvalue weighted by atomic mass is 10.0. The molecule has 7 heteroatoms. The first-order chi connectivity index (χ1) is 11.8. The molecule has 0 fully saturated rings. The number of nitrogens with one attached hydrogen (secondary N) is 2.